The summed E-state index contributed by atoms with van der Waals surface area (Å²) in [6.07, 6.45) is 3.04. The number of alkyl halides is 2. The lowest BCUT2D eigenvalue weighted by Crippen LogP contribution is -2.69. The van der Waals surface area contributed by atoms with Crippen LogP contribution in [0.3, 0.4) is 0 Å². The molecule has 4 fully saturated rings. The highest BCUT2D eigenvalue weighted by Gasteiger charge is 2.59. The van der Waals surface area contributed by atoms with Gasteiger partial charge in [-0.3, -0.25) is 14.7 Å². The number of rotatable bonds is 4. The molecule has 1 amide bonds. The highest BCUT2D eigenvalue weighted by atomic mass is 19.3. The molecule has 0 N–H and O–H groups in total. The molecule has 0 aliphatic carbocycles. The number of amides is 1. The van der Waals surface area contributed by atoms with Gasteiger partial charge in [0.1, 0.15) is 22.9 Å². The second-order valence-corrected chi connectivity index (χ2v) is 13.2. The third kappa shape index (κ3) is 4.43. The maximum Gasteiger partial charge on any atom is 0.281 e. The van der Waals surface area contributed by atoms with Crippen LogP contribution in [-0.2, 0) is 25.5 Å². The normalized spacial score (nSPS) is 26.5. The molecule has 8 rings (SSSR count). The number of carbonyl (C=O) groups excluding carboxylic acids is 1. The van der Waals surface area contributed by atoms with Crippen molar-refractivity contribution in [2.75, 3.05) is 68.8 Å². The van der Waals surface area contributed by atoms with Gasteiger partial charge in [0.05, 0.1) is 30.6 Å². The minimum absolute atomic E-state index is 0.0665. The number of piperazine rings is 1. The van der Waals surface area contributed by atoms with Crippen molar-refractivity contribution < 1.29 is 27.4 Å². The molecule has 2 spiro atoms. The Bertz CT molecular complexity index is 1580. The average Bonchev–Trinajstić information content (AvgIpc) is 3.26. The minimum atomic E-state index is -2.85. The largest absolute Gasteiger partial charge is 0.374 e. The van der Waals surface area contributed by atoms with Crippen molar-refractivity contribution in [2.45, 2.75) is 55.9 Å². The standard InChI is InChI=1S/C33H37F3N6O3/c1-3-27(43)41-12-10-39(11-13-41)25-17-42-23-16-26(38-29(31(35)36)22(23)14-21(34)15-24(25)42)40-8-5-32(6-9-40)28-20(2)4-7-37-30(28)33(45-32)18-44-19-33/h3-4,7,14,16,24-25,31H,1,5-6,8-13,15,17-19H2,2H3/t24-,25?/m0/s1. The summed E-state index contributed by atoms with van der Waals surface area (Å²) in [6, 6.07) is 3.77. The van der Waals surface area contributed by atoms with E-state index in [9.17, 15) is 13.6 Å². The molecule has 2 aromatic heterocycles. The maximum atomic E-state index is 15.3. The first kappa shape index (κ1) is 29.0. The number of ether oxygens (including phenoxy) is 2. The molecule has 6 aliphatic rings. The Morgan fingerprint density at radius 1 is 1.11 bits per heavy atom. The van der Waals surface area contributed by atoms with Crippen molar-refractivity contribution in [3.05, 3.63) is 64.9 Å². The second kappa shape index (κ2) is 10.5. The Morgan fingerprint density at radius 2 is 1.87 bits per heavy atom. The van der Waals surface area contributed by atoms with E-state index in [4.69, 9.17) is 14.5 Å². The summed E-state index contributed by atoms with van der Waals surface area (Å²) in [7, 11) is 0. The molecule has 0 aromatic carbocycles. The fourth-order valence-electron chi connectivity index (χ4n) is 8.37. The van der Waals surface area contributed by atoms with Gasteiger partial charge in [-0.05, 0) is 43.5 Å². The van der Waals surface area contributed by atoms with E-state index in [2.05, 4.69) is 33.2 Å². The van der Waals surface area contributed by atoms with Crippen LogP contribution in [0.15, 0.2) is 36.8 Å². The predicted molar refractivity (Wildman–Crippen MR) is 162 cm³/mol. The smallest absolute Gasteiger partial charge is 0.281 e. The summed E-state index contributed by atoms with van der Waals surface area (Å²) < 4.78 is 56.8. The Kier molecular flexibility index (Phi) is 6.78. The topological polar surface area (TPSA) is 74.3 Å². The van der Waals surface area contributed by atoms with Crippen molar-refractivity contribution in [1.29, 1.82) is 0 Å². The zero-order valence-electron chi connectivity index (χ0n) is 25.4. The Labute approximate surface area is 260 Å². The number of halogens is 3. The van der Waals surface area contributed by atoms with Gasteiger partial charge in [0.25, 0.3) is 6.43 Å². The molecule has 2 aromatic rings. The highest BCUT2D eigenvalue weighted by Crippen LogP contribution is 2.55. The molecule has 6 aliphatic heterocycles. The van der Waals surface area contributed by atoms with E-state index in [1.54, 1.807) is 4.90 Å². The van der Waals surface area contributed by atoms with Gasteiger partial charge in [0.2, 0.25) is 5.91 Å². The number of aromatic nitrogens is 2. The van der Waals surface area contributed by atoms with Crippen LogP contribution in [0.1, 0.15) is 53.8 Å². The molecule has 45 heavy (non-hydrogen) atoms. The first-order chi connectivity index (χ1) is 21.7. The van der Waals surface area contributed by atoms with Gasteiger partial charge in [-0.15, -0.1) is 0 Å². The van der Waals surface area contributed by atoms with E-state index in [0.29, 0.717) is 83.4 Å². The van der Waals surface area contributed by atoms with Crippen molar-refractivity contribution >= 4 is 23.5 Å². The number of piperidine rings is 1. The lowest BCUT2D eigenvalue weighted by molar-refractivity contribution is -0.260. The van der Waals surface area contributed by atoms with Gasteiger partial charge in [0.15, 0.2) is 5.60 Å². The van der Waals surface area contributed by atoms with Gasteiger partial charge in [-0.25, -0.2) is 18.2 Å². The quantitative estimate of drug-likeness (QED) is 0.473. The van der Waals surface area contributed by atoms with Crippen molar-refractivity contribution in [2.24, 2.45) is 0 Å². The summed E-state index contributed by atoms with van der Waals surface area (Å²) >= 11 is 0. The molecule has 12 heteroatoms. The van der Waals surface area contributed by atoms with Gasteiger partial charge in [0, 0.05) is 81.7 Å². The minimum Gasteiger partial charge on any atom is -0.374 e. The van der Waals surface area contributed by atoms with Crippen LogP contribution in [0.5, 0.6) is 0 Å². The van der Waals surface area contributed by atoms with Gasteiger partial charge in [-0.1, -0.05) is 6.58 Å². The van der Waals surface area contributed by atoms with E-state index in [0.717, 1.165) is 16.8 Å². The summed E-state index contributed by atoms with van der Waals surface area (Å²) in [5, 5.41) is 0. The lowest BCUT2D eigenvalue weighted by Gasteiger charge is -2.55. The number of pyridine rings is 2. The molecule has 4 saturated heterocycles. The summed E-state index contributed by atoms with van der Waals surface area (Å²) in [6.45, 7) is 10.9. The number of nitrogens with zero attached hydrogens (tertiary/aromatic N) is 6. The summed E-state index contributed by atoms with van der Waals surface area (Å²) in [5.74, 6) is -0.0195. The molecule has 0 radical (unpaired) electrons. The van der Waals surface area contributed by atoms with E-state index in [1.165, 1.54) is 12.2 Å². The second-order valence-electron chi connectivity index (χ2n) is 13.2. The van der Waals surface area contributed by atoms with Gasteiger partial charge < -0.3 is 24.2 Å². The zero-order chi connectivity index (χ0) is 31.1. The Hall–Kier alpha value is -3.48. The number of hydrogen-bond donors (Lipinski definition) is 0. The van der Waals surface area contributed by atoms with Gasteiger partial charge >= 0.3 is 0 Å². The Morgan fingerprint density at radius 3 is 2.53 bits per heavy atom. The summed E-state index contributed by atoms with van der Waals surface area (Å²) in [5.41, 5.74) is 2.62. The molecule has 8 heterocycles. The van der Waals surface area contributed by atoms with Crippen molar-refractivity contribution in [1.82, 2.24) is 19.8 Å². The van der Waals surface area contributed by atoms with Crippen LogP contribution >= 0.6 is 0 Å². The summed E-state index contributed by atoms with van der Waals surface area (Å²) in [4.78, 5) is 29.4. The van der Waals surface area contributed by atoms with E-state index >= 15 is 4.39 Å². The fraction of sp³-hybridized carbons (Fsp3) is 0.545. The van der Waals surface area contributed by atoms with Crippen LogP contribution in [0.4, 0.5) is 24.7 Å². The number of carbonyl (C=O) groups is 1. The van der Waals surface area contributed by atoms with Crippen LogP contribution in [0, 0.1) is 6.92 Å². The van der Waals surface area contributed by atoms with Crippen LogP contribution in [-0.4, -0.2) is 96.8 Å². The van der Waals surface area contributed by atoms with E-state index in [-0.39, 0.29) is 35.7 Å². The first-order valence-corrected chi connectivity index (χ1v) is 15.8. The van der Waals surface area contributed by atoms with Gasteiger partial charge in [-0.2, -0.15) is 0 Å². The highest BCUT2D eigenvalue weighted by molar-refractivity contribution is 5.87. The third-order valence-corrected chi connectivity index (χ3v) is 10.8. The monoisotopic (exact) mass is 622 g/mol. The van der Waals surface area contributed by atoms with Crippen LogP contribution in [0.25, 0.3) is 6.08 Å². The third-order valence-electron chi connectivity index (χ3n) is 10.8. The number of fused-ring (bicyclic) bond motifs is 6. The molecular weight excluding hydrogens is 585 g/mol. The van der Waals surface area contributed by atoms with Crippen molar-refractivity contribution in [3.8, 4) is 0 Å². The molecule has 1 unspecified atom stereocenters. The molecule has 2 atom stereocenters. The van der Waals surface area contributed by atoms with Crippen LogP contribution < -0.4 is 9.80 Å². The molecule has 9 nitrogen and oxygen atoms in total. The van der Waals surface area contributed by atoms with Crippen LogP contribution in [0.2, 0.25) is 0 Å². The fourth-order valence-corrected chi connectivity index (χ4v) is 8.37. The molecule has 0 saturated carbocycles. The van der Waals surface area contributed by atoms with E-state index in [1.807, 2.05) is 18.3 Å². The average molecular weight is 623 g/mol. The SMILES string of the molecule is C=CC(=O)N1CCN(C2CN3c4cc(N5CCC6(CC5)OC5(COC5)c5nccc(C)c56)nc(C(F)F)c4C=C(F)C[C@@H]23)CC1. The number of aryl methyl sites for hydroxylation is 1. The van der Waals surface area contributed by atoms with Crippen molar-refractivity contribution in [3.63, 3.8) is 0 Å². The first-order valence-electron chi connectivity index (χ1n) is 15.8. The maximum absolute atomic E-state index is 15.3. The molecule has 0 bridgehead atoms. The molecular formula is C33H37F3N6O3. The predicted octanol–water partition coefficient (Wildman–Crippen LogP) is 4.08. The van der Waals surface area contributed by atoms with E-state index < -0.39 is 23.5 Å². The zero-order valence-corrected chi connectivity index (χ0v) is 25.4. The number of hydrogen-bond acceptors (Lipinski definition) is 8. The Balaban J connectivity index is 1.05. The lowest BCUT2D eigenvalue weighted by atomic mass is 9.81. The number of anilines is 2. The molecule has 238 valence electrons.